The Balaban J connectivity index is 1.55. The van der Waals surface area contributed by atoms with E-state index >= 15 is 0 Å². The van der Waals surface area contributed by atoms with Gasteiger partial charge >= 0.3 is 0 Å². The monoisotopic (exact) mass is 288 g/mol. The number of piperidine rings is 1. The summed E-state index contributed by atoms with van der Waals surface area (Å²) in [7, 11) is 1.66. The van der Waals surface area contributed by atoms with E-state index in [0.717, 1.165) is 29.8 Å². The lowest BCUT2D eigenvalue weighted by atomic mass is 9.89. The number of hydrogen-bond donors (Lipinski definition) is 2. The lowest BCUT2D eigenvalue weighted by Gasteiger charge is -2.28. The van der Waals surface area contributed by atoms with Crippen molar-refractivity contribution in [2.24, 2.45) is 5.92 Å². The molecule has 1 aromatic carbocycles. The van der Waals surface area contributed by atoms with Crippen LogP contribution in [0.4, 0.5) is 5.69 Å². The summed E-state index contributed by atoms with van der Waals surface area (Å²) in [5, 5.41) is 6.63. The molecule has 2 saturated heterocycles. The van der Waals surface area contributed by atoms with Gasteiger partial charge in [-0.15, -0.1) is 0 Å². The number of carbonyl (C=O) groups is 1. The first-order valence-electron chi connectivity index (χ1n) is 7.84. The molecule has 4 heteroatoms. The van der Waals surface area contributed by atoms with Crippen LogP contribution in [0.1, 0.15) is 37.7 Å². The molecule has 114 valence electrons. The van der Waals surface area contributed by atoms with Gasteiger partial charge in [-0.2, -0.15) is 0 Å². The molecule has 2 N–H and O–H groups in total. The second kappa shape index (κ2) is 6.06. The van der Waals surface area contributed by atoms with Crippen molar-refractivity contribution >= 4 is 11.6 Å². The normalized spacial score (nSPS) is 27.4. The van der Waals surface area contributed by atoms with Gasteiger partial charge in [-0.25, -0.2) is 0 Å². The van der Waals surface area contributed by atoms with Crippen LogP contribution in [-0.4, -0.2) is 25.1 Å². The van der Waals surface area contributed by atoms with Crippen molar-refractivity contribution in [2.45, 2.75) is 51.1 Å². The van der Waals surface area contributed by atoms with E-state index in [0.29, 0.717) is 24.4 Å². The quantitative estimate of drug-likeness (QED) is 0.895. The van der Waals surface area contributed by atoms with E-state index in [1.165, 1.54) is 12.8 Å². The minimum atomic E-state index is 0.130. The highest BCUT2D eigenvalue weighted by atomic mass is 16.5. The number of methoxy groups -OCH3 is 1. The van der Waals surface area contributed by atoms with E-state index in [1.54, 1.807) is 7.11 Å². The zero-order chi connectivity index (χ0) is 14.8. The molecule has 2 aliphatic heterocycles. The smallest absolute Gasteiger partial charge is 0.224 e. The summed E-state index contributed by atoms with van der Waals surface area (Å²) in [6, 6.07) is 7.04. The van der Waals surface area contributed by atoms with Crippen molar-refractivity contribution < 1.29 is 9.53 Å². The third-order valence-corrected chi connectivity index (χ3v) is 4.72. The van der Waals surface area contributed by atoms with Gasteiger partial charge in [0.1, 0.15) is 5.75 Å². The average molecular weight is 288 g/mol. The number of rotatable bonds is 4. The third-order valence-electron chi connectivity index (χ3n) is 4.72. The van der Waals surface area contributed by atoms with Crippen LogP contribution in [-0.2, 0) is 4.79 Å². The molecular weight excluding hydrogens is 264 g/mol. The fraction of sp³-hybridized carbons (Fsp3) is 0.588. The predicted octanol–water partition coefficient (Wildman–Crippen LogP) is 2.86. The molecule has 0 saturated carbocycles. The van der Waals surface area contributed by atoms with E-state index in [9.17, 15) is 4.79 Å². The zero-order valence-electron chi connectivity index (χ0n) is 12.8. The SMILES string of the molecule is COc1ccc(NC(=O)CC2CC3CCC(C2)N3)cc1C. The summed E-state index contributed by atoms with van der Waals surface area (Å²) in [6.07, 6.45) is 5.48. The topological polar surface area (TPSA) is 50.4 Å². The molecule has 0 aromatic heterocycles. The Morgan fingerprint density at radius 3 is 2.67 bits per heavy atom. The first kappa shape index (κ1) is 14.4. The molecule has 1 amide bonds. The van der Waals surface area contributed by atoms with Crippen LogP contribution in [0, 0.1) is 12.8 Å². The maximum absolute atomic E-state index is 12.2. The van der Waals surface area contributed by atoms with Gasteiger partial charge in [-0.1, -0.05) is 0 Å². The summed E-state index contributed by atoms with van der Waals surface area (Å²) in [5.74, 6) is 1.51. The maximum atomic E-state index is 12.2. The van der Waals surface area contributed by atoms with Gasteiger partial charge in [-0.3, -0.25) is 4.79 Å². The van der Waals surface area contributed by atoms with Crippen molar-refractivity contribution in [2.75, 3.05) is 12.4 Å². The van der Waals surface area contributed by atoms with Crippen LogP contribution in [0.25, 0.3) is 0 Å². The number of benzene rings is 1. The second-order valence-corrected chi connectivity index (χ2v) is 6.41. The lowest BCUT2D eigenvalue weighted by Crippen LogP contribution is -2.39. The lowest BCUT2D eigenvalue weighted by molar-refractivity contribution is -0.117. The Hall–Kier alpha value is -1.55. The van der Waals surface area contributed by atoms with Crippen molar-refractivity contribution in [3.8, 4) is 5.75 Å². The van der Waals surface area contributed by atoms with Crippen molar-refractivity contribution in [1.82, 2.24) is 5.32 Å². The van der Waals surface area contributed by atoms with E-state index in [-0.39, 0.29) is 5.91 Å². The molecule has 4 nitrogen and oxygen atoms in total. The van der Waals surface area contributed by atoms with Gasteiger partial charge in [0.15, 0.2) is 0 Å². The van der Waals surface area contributed by atoms with Crippen LogP contribution in [0.3, 0.4) is 0 Å². The van der Waals surface area contributed by atoms with Crippen LogP contribution in [0.2, 0.25) is 0 Å². The standard InChI is InChI=1S/C17H24N2O2/c1-11-7-13(5-6-16(11)21-2)19-17(20)10-12-8-14-3-4-15(9-12)18-14/h5-7,12,14-15,18H,3-4,8-10H2,1-2H3,(H,19,20). The Morgan fingerprint density at radius 2 is 2.05 bits per heavy atom. The fourth-order valence-electron chi connectivity index (χ4n) is 3.77. The number of ether oxygens (including phenoxy) is 1. The molecule has 1 aromatic rings. The number of fused-ring (bicyclic) bond motifs is 2. The first-order chi connectivity index (χ1) is 10.1. The number of carbonyl (C=O) groups excluding carboxylic acids is 1. The Bertz CT molecular complexity index is 518. The van der Waals surface area contributed by atoms with Crippen LogP contribution in [0.5, 0.6) is 5.75 Å². The van der Waals surface area contributed by atoms with Crippen LogP contribution in [0.15, 0.2) is 18.2 Å². The van der Waals surface area contributed by atoms with E-state index < -0.39 is 0 Å². The molecule has 2 aliphatic rings. The number of hydrogen-bond acceptors (Lipinski definition) is 3. The summed E-state index contributed by atoms with van der Waals surface area (Å²) < 4.78 is 5.24. The third kappa shape index (κ3) is 3.38. The average Bonchev–Trinajstić information content (AvgIpc) is 2.78. The van der Waals surface area contributed by atoms with Gasteiger partial charge in [0, 0.05) is 24.2 Å². The fourth-order valence-corrected chi connectivity index (χ4v) is 3.77. The number of aryl methyl sites for hydroxylation is 1. The van der Waals surface area contributed by atoms with Crippen molar-refractivity contribution in [3.63, 3.8) is 0 Å². The minimum Gasteiger partial charge on any atom is -0.496 e. The van der Waals surface area contributed by atoms with Gasteiger partial charge in [-0.05, 0) is 62.3 Å². The highest BCUT2D eigenvalue weighted by Crippen LogP contribution is 2.33. The molecule has 2 atom stereocenters. The number of amides is 1. The van der Waals surface area contributed by atoms with Crippen LogP contribution >= 0.6 is 0 Å². The summed E-state index contributed by atoms with van der Waals surface area (Å²) >= 11 is 0. The summed E-state index contributed by atoms with van der Waals surface area (Å²) in [6.45, 7) is 1.99. The molecular formula is C17H24N2O2. The largest absolute Gasteiger partial charge is 0.496 e. The van der Waals surface area contributed by atoms with E-state index in [4.69, 9.17) is 4.74 Å². The molecule has 0 aliphatic carbocycles. The molecule has 2 fully saturated rings. The zero-order valence-corrected chi connectivity index (χ0v) is 12.8. The van der Waals surface area contributed by atoms with Gasteiger partial charge < -0.3 is 15.4 Å². The Labute approximate surface area is 126 Å². The molecule has 0 radical (unpaired) electrons. The van der Waals surface area contributed by atoms with E-state index in [2.05, 4.69) is 10.6 Å². The highest BCUT2D eigenvalue weighted by molar-refractivity contribution is 5.91. The van der Waals surface area contributed by atoms with Gasteiger partial charge in [0.05, 0.1) is 7.11 Å². The molecule has 2 heterocycles. The Kier molecular flexibility index (Phi) is 4.15. The van der Waals surface area contributed by atoms with E-state index in [1.807, 2.05) is 25.1 Å². The van der Waals surface area contributed by atoms with Gasteiger partial charge in [0.25, 0.3) is 0 Å². The number of nitrogens with one attached hydrogen (secondary N) is 2. The molecule has 2 unspecified atom stereocenters. The highest BCUT2D eigenvalue weighted by Gasteiger charge is 2.34. The number of anilines is 1. The molecule has 21 heavy (non-hydrogen) atoms. The van der Waals surface area contributed by atoms with Crippen LogP contribution < -0.4 is 15.4 Å². The second-order valence-electron chi connectivity index (χ2n) is 6.41. The maximum Gasteiger partial charge on any atom is 0.224 e. The van der Waals surface area contributed by atoms with Crippen molar-refractivity contribution in [3.05, 3.63) is 23.8 Å². The summed E-state index contributed by atoms with van der Waals surface area (Å²) in [4.78, 5) is 12.2. The molecule has 3 rings (SSSR count). The van der Waals surface area contributed by atoms with Gasteiger partial charge in [0.2, 0.25) is 5.91 Å². The first-order valence-corrected chi connectivity index (χ1v) is 7.84. The minimum absolute atomic E-state index is 0.130. The summed E-state index contributed by atoms with van der Waals surface area (Å²) in [5.41, 5.74) is 1.89. The Morgan fingerprint density at radius 1 is 1.33 bits per heavy atom. The molecule has 2 bridgehead atoms. The molecule has 0 spiro atoms. The van der Waals surface area contributed by atoms with Crippen molar-refractivity contribution in [1.29, 1.82) is 0 Å². The predicted molar refractivity (Wildman–Crippen MR) is 83.6 cm³/mol.